The van der Waals surface area contributed by atoms with Crippen molar-refractivity contribution in [3.63, 3.8) is 0 Å². The van der Waals surface area contributed by atoms with Crippen molar-refractivity contribution in [2.24, 2.45) is 5.92 Å². The first-order valence-electron chi connectivity index (χ1n) is 4.99. The second kappa shape index (κ2) is 5.72. The fraction of sp³-hybridized carbons (Fsp3) is 0.300. The second-order valence-corrected chi connectivity index (χ2v) is 3.61. The van der Waals surface area contributed by atoms with Gasteiger partial charge in [-0.15, -0.1) is 0 Å². The van der Waals surface area contributed by atoms with E-state index in [0.717, 1.165) is 6.07 Å². The summed E-state index contributed by atoms with van der Waals surface area (Å²) < 4.78 is 54.6. The van der Waals surface area contributed by atoms with Crippen molar-refractivity contribution in [2.45, 2.75) is 6.18 Å². The average molecular weight is 297 g/mol. The molecule has 0 aliphatic rings. The normalized spacial score (nSPS) is 12.8. The lowest BCUT2D eigenvalue weighted by molar-refractivity contribution is -0.387. The maximum atomic E-state index is 13.2. The molecule has 0 aromatic heterocycles. The van der Waals surface area contributed by atoms with Gasteiger partial charge in [-0.3, -0.25) is 14.9 Å². The molecule has 0 spiro atoms. The molecule has 110 valence electrons. The van der Waals surface area contributed by atoms with Crippen molar-refractivity contribution in [1.82, 2.24) is 0 Å². The lowest BCUT2D eigenvalue weighted by Gasteiger charge is -2.16. The molecule has 0 amide bonds. The van der Waals surface area contributed by atoms with Gasteiger partial charge in [0.25, 0.3) is 0 Å². The first kappa shape index (κ1) is 15.7. The molecule has 20 heavy (non-hydrogen) atoms. The monoisotopic (exact) mass is 297 g/mol. The minimum atomic E-state index is -5.02. The first-order valence-corrected chi connectivity index (χ1v) is 4.99. The summed E-state index contributed by atoms with van der Waals surface area (Å²) in [6.07, 6.45) is -5.02. The Morgan fingerprint density at radius 2 is 2.05 bits per heavy atom. The zero-order valence-electron chi connectivity index (χ0n) is 9.56. The summed E-state index contributed by atoms with van der Waals surface area (Å²) in [7, 11) is 0. The molecule has 0 aliphatic heterocycles. The van der Waals surface area contributed by atoms with E-state index in [9.17, 15) is 32.5 Å². The lowest BCUT2D eigenvalue weighted by atomic mass is 10.1. The van der Waals surface area contributed by atoms with Gasteiger partial charge in [0.15, 0.2) is 5.92 Å². The molecule has 0 saturated heterocycles. The van der Waals surface area contributed by atoms with E-state index in [1.54, 1.807) is 0 Å². The topological polar surface area (TPSA) is 89.7 Å². The lowest BCUT2D eigenvalue weighted by Crippen LogP contribution is -2.35. The summed E-state index contributed by atoms with van der Waals surface area (Å²) in [6, 6.07) is 2.08. The second-order valence-electron chi connectivity index (χ2n) is 3.61. The molecule has 0 bridgehead atoms. The number of nitro groups is 1. The van der Waals surface area contributed by atoms with Gasteiger partial charge < -0.3 is 9.84 Å². The van der Waals surface area contributed by atoms with E-state index in [0.29, 0.717) is 12.1 Å². The summed E-state index contributed by atoms with van der Waals surface area (Å²) >= 11 is 0. The van der Waals surface area contributed by atoms with Crippen molar-refractivity contribution in [3.8, 4) is 5.75 Å². The number of hydrogen-bond acceptors (Lipinski definition) is 4. The van der Waals surface area contributed by atoms with Crippen molar-refractivity contribution in [3.05, 3.63) is 34.1 Å². The zero-order chi connectivity index (χ0) is 15.5. The zero-order valence-corrected chi connectivity index (χ0v) is 9.56. The van der Waals surface area contributed by atoms with Crippen LogP contribution in [0.15, 0.2) is 18.2 Å². The van der Waals surface area contributed by atoms with Gasteiger partial charge in [-0.1, -0.05) is 0 Å². The van der Waals surface area contributed by atoms with Gasteiger partial charge in [0.1, 0.15) is 12.4 Å². The number of alkyl halides is 3. The van der Waals surface area contributed by atoms with Gasteiger partial charge in [-0.25, -0.2) is 0 Å². The highest BCUT2D eigenvalue weighted by molar-refractivity contribution is 5.71. The fourth-order valence-electron chi connectivity index (χ4n) is 1.21. The molecule has 0 heterocycles. The van der Waals surface area contributed by atoms with E-state index in [1.807, 2.05) is 0 Å². The molecule has 1 N–H and O–H groups in total. The molecule has 6 nitrogen and oxygen atoms in total. The van der Waals surface area contributed by atoms with Crippen LogP contribution < -0.4 is 4.74 Å². The van der Waals surface area contributed by atoms with Crippen LogP contribution in [-0.2, 0) is 4.79 Å². The third kappa shape index (κ3) is 3.80. The highest BCUT2D eigenvalue weighted by atomic mass is 19.4. The van der Waals surface area contributed by atoms with E-state index in [-0.39, 0.29) is 0 Å². The van der Waals surface area contributed by atoms with Crippen molar-refractivity contribution >= 4 is 11.7 Å². The van der Waals surface area contributed by atoms with Crippen LogP contribution in [0.25, 0.3) is 0 Å². The summed E-state index contributed by atoms with van der Waals surface area (Å²) in [4.78, 5) is 19.7. The van der Waals surface area contributed by atoms with Gasteiger partial charge in [0.05, 0.1) is 4.92 Å². The highest BCUT2D eigenvalue weighted by Crippen LogP contribution is 2.28. The number of hydrogen-bond donors (Lipinski definition) is 1. The number of aliphatic carboxylic acids is 1. The number of halogens is 4. The van der Waals surface area contributed by atoms with E-state index < -0.39 is 46.8 Å². The van der Waals surface area contributed by atoms with E-state index in [2.05, 4.69) is 4.74 Å². The minimum absolute atomic E-state index is 0.441. The van der Waals surface area contributed by atoms with Gasteiger partial charge in [0.2, 0.25) is 5.82 Å². The van der Waals surface area contributed by atoms with E-state index in [4.69, 9.17) is 5.11 Å². The maximum Gasteiger partial charge on any atom is 0.405 e. The number of nitro benzene ring substituents is 1. The molecule has 1 aromatic carbocycles. The molecule has 1 atom stereocenters. The van der Waals surface area contributed by atoms with Gasteiger partial charge in [-0.2, -0.15) is 17.6 Å². The van der Waals surface area contributed by atoms with Crippen molar-refractivity contribution < 1.29 is 37.1 Å². The number of rotatable bonds is 5. The molecule has 10 heteroatoms. The number of nitrogens with zero attached hydrogens (tertiary/aromatic N) is 1. The van der Waals surface area contributed by atoms with Crippen LogP contribution in [0.2, 0.25) is 0 Å². The number of carbonyl (C=O) groups is 1. The van der Waals surface area contributed by atoms with Crippen LogP contribution in [0.4, 0.5) is 23.2 Å². The Bertz CT molecular complexity index is 531. The Balaban J connectivity index is 2.82. The van der Waals surface area contributed by atoms with E-state index in [1.165, 1.54) is 0 Å². The number of carboxylic acids is 1. The van der Waals surface area contributed by atoms with Crippen LogP contribution in [0.3, 0.4) is 0 Å². The third-order valence-corrected chi connectivity index (χ3v) is 2.23. The predicted molar refractivity (Wildman–Crippen MR) is 55.7 cm³/mol. The van der Waals surface area contributed by atoms with Gasteiger partial charge in [-0.05, 0) is 6.07 Å². The predicted octanol–water partition coefficient (Wildman–Crippen LogP) is 2.38. The van der Waals surface area contributed by atoms with Crippen LogP contribution in [0.5, 0.6) is 5.75 Å². The third-order valence-electron chi connectivity index (χ3n) is 2.23. The van der Waals surface area contributed by atoms with E-state index >= 15 is 0 Å². The molecular formula is C10H7F4NO5. The molecule has 0 fully saturated rings. The summed E-state index contributed by atoms with van der Waals surface area (Å²) in [5.74, 6) is -6.66. The van der Waals surface area contributed by atoms with Crippen molar-refractivity contribution in [2.75, 3.05) is 6.61 Å². The van der Waals surface area contributed by atoms with Crippen LogP contribution in [0, 0.1) is 21.8 Å². The Labute approximate surface area is 108 Å². The highest BCUT2D eigenvalue weighted by Gasteiger charge is 2.45. The SMILES string of the molecule is O=C(O)C(COc1ccc([N+](=O)[O-])c(F)c1)C(F)(F)F. The minimum Gasteiger partial charge on any atom is -0.492 e. The standard InChI is InChI=1S/C10H7F4NO5/c11-7-3-5(1-2-8(7)15(18)19)20-4-6(9(16)17)10(12,13)14/h1-3,6H,4H2,(H,16,17). The molecule has 0 saturated carbocycles. The molecule has 0 aliphatic carbocycles. The van der Waals surface area contributed by atoms with Gasteiger partial charge >= 0.3 is 17.8 Å². The Morgan fingerprint density at radius 3 is 2.45 bits per heavy atom. The number of benzene rings is 1. The molecule has 1 rings (SSSR count). The molecule has 1 aromatic rings. The Kier molecular flexibility index (Phi) is 4.48. The van der Waals surface area contributed by atoms with Crippen LogP contribution >= 0.6 is 0 Å². The largest absolute Gasteiger partial charge is 0.492 e. The van der Waals surface area contributed by atoms with Gasteiger partial charge in [0, 0.05) is 12.1 Å². The average Bonchev–Trinajstić information content (AvgIpc) is 2.26. The fourth-order valence-corrected chi connectivity index (χ4v) is 1.21. The quantitative estimate of drug-likeness (QED) is 0.512. The van der Waals surface area contributed by atoms with Crippen molar-refractivity contribution in [1.29, 1.82) is 0 Å². The van der Waals surface area contributed by atoms with Crippen LogP contribution in [-0.4, -0.2) is 28.8 Å². The Morgan fingerprint density at radius 1 is 1.45 bits per heavy atom. The summed E-state index contributed by atoms with van der Waals surface area (Å²) in [5, 5.41) is 18.7. The summed E-state index contributed by atoms with van der Waals surface area (Å²) in [6.45, 7) is -1.27. The van der Waals surface area contributed by atoms with Crippen LogP contribution in [0.1, 0.15) is 0 Å². The summed E-state index contributed by atoms with van der Waals surface area (Å²) in [5.41, 5.74) is -0.872. The molecular weight excluding hydrogens is 290 g/mol. The number of ether oxygens (including phenoxy) is 1. The molecule has 0 radical (unpaired) electrons. The smallest absolute Gasteiger partial charge is 0.405 e. The molecule has 1 unspecified atom stereocenters. The first-order chi connectivity index (χ1) is 9.12. The Hall–Kier alpha value is -2.39. The maximum absolute atomic E-state index is 13.2. The number of carboxylic acid groups (broad SMARTS) is 1.